The Kier molecular flexibility index (Phi) is 4.31. The molecule has 0 aromatic heterocycles. The first kappa shape index (κ1) is 19.6. The molecule has 0 saturated carbocycles. The molecule has 1 amide bonds. The second-order valence-corrected chi connectivity index (χ2v) is 7.95. The van der Waals surface area contributed by atoms with Gasteiger partial charge in [-0.25, -0.2) is 9.59 Å². The van der Waals surface area contributed by atoms with Gasteiger partial charge < -0.3 is 24.8 Å². The Balaban J connectivity index is 1.86. The van der Waals surface area contributed by atoms with E-state index in [0.717, 1.165) is 0 Å². The van der Waals surface area contributed by atoms with E-state index in [-0.39, 0.29) is 11.3 Å². The van der Waals surface area contributed by atoms with Crippen LogP contribution in [0.2, 0.25) is 0 Å². The first-order valence-electron chi connectivity index (χ1n) is 9.28. The molecule has 0 aliphatic carbocycles. The van der Waals surface area contributed by atoms with Crippen LogP contribution in [-0.4, -0.2) is 38.4 Å². The summed E-state index contributed by atoms with van der Waals surface area (Å²) in [5, 5.41) is 5.91. The Morgan fingerprint density at radius 3 is 2.58 bits per heavy atom. The van der Waals surface area contributed by atoms with Crippen LogP contribution in [0.25, 0.3) is 0 Å². The molecule has 2 atom stereocenters. The van der Waals surface area contributed by atoms with Crippen molar-refractivity contribution < 1.29 is 28.6 Å². The van der Waals surface area contributed by atoms with E-state index in [9.17, 15) is 14.4 Å². The molecule has 0 radical (unpaired) electrons. The molecule has 2 N–H and O–H groups in total. The third-order valence-electron chi connectivity index (χ3n) is 5.49. The van der Waals surface area contributed by atoms with Gasteiger partial charge in [0.05, 0.1) is 25.6 Å². The predicted octanol–water partition coefficient (Wildman–Crippen LogP) is 2.44. The minimum atomic E-state index is -1.92. The predicted molar refractivity (Wildman–Crippen MR) is 113 cm³/mol. The van der Waals surface area contributed by atoms with E-state index >= 15 is 0 Å². The number of anilines is 3. The number of nitrogens with zero attached hydrogens (tertiary/aromatic N) is 1. The van der Waals surface area contributed by atoms with E-state index in [4.69, 9.17) is 14.2 Å². The molecule has 2 aromatic rings. The van der Waals surface area contributed by atoms with Gasteiger partial charge in [-0.15, -0.1) is 0 Å². The molecule has 3 aliphatic heterocycles. The number of amides is 1. The molecule has 1 unspecified atom stereocenters. The SMILES string of the molecule is COC(=O)C1=C(C(=O)OC)C2(O[C@H]3Nc4ccccc4N13)C(=O)Nc1ccc(Br)cc12. The maximum Gasteiger partial charge on any atom is 0.355 e. The summed E-state index contributed by atoms with van der Waals surface area (Å²) < 4.78 is 17.0. The number of ether oxygens (including phenoxy) is 3. The van der Waals surface area contributed by atoms with Gasteiger partial charge in [0.1, 0.15) is 11.3 Å². The summed E-state index contributed by atoms with van der Waals surface area (Å²) in [5.41, 5.74) is -0.211. The maximum atomic E-state index is 13.4. The summed E-state index contributed by atoms with van der Waals surface area (Å²) in [7, 11) is 2.38. The number of methoxy groups -OCH3 is 2. The van der Waals surface area contributed by atoms with Gasteiger partial charge in [0, 0.05) is 15.7 Å². The number of fused-ring (bicyclic) bond motifs is 5. The molecular weight excluding hydrogens is 470 g/mol. The van der Waals surface area contributed by atoms with Crippen molar-refractivity contribution in [3.63, 3.8) is 0 Å². The van der Waals surface area contributed by atoms with Crippen molar-refractivity contribution in [2.45, 2.75) is 12.0 Å². The summed E-state index contributed by atoms with van der Waals surface area (Å²) in [4.78, 5) is 41.0. The first-order chi connectivity index (χ1) is 14.9. The molecule has 9 nitrogen and oxygen atoms in total. The molecule has 0 bridgehead atoms. The van der Waals surface area contributed by atoms with Crippen LogP contribution < -0.4 is 15.5 Å². The van der Waals surface area contributed by atoms with Gasteiger partial charge >= 0.3 is 11.9 Å². The van der Waals surface area contributed by atoms with Crippen LogP contribution in [0.3, 0.4) is 0 Å². The number of hydrogen-bond donors (Lipinski definition) is 2. The van der Waals surface area contributed by atoms with Crippen LogP contribution in [0.1, 0.15) is 5.56 Å². The number of rotatable bonds is 2. The van der Waals surface area contributed by atoms with Crippen molar-refractivity contribution in [2.75, 3.05) is 29.8 Å². The van der Waals surface area contributed by atoms with Gasteiger partial charge in [-0.05, 0) is 30.3 Å². The summed E-state index contributed by atoms with van der Waals surface area (Å²) in [6, 6.07) is 12.3. The smallest absolute Gasteiger partial charge is 0.355 e. The standard InChI is InChI=1S/C21H16BrN3O6/c1-29-17(26)15-16(18(27)30-2)25-14-6-4-3-5-13(14)24-20(25)31-21(15)11-9-10(22)7-8-12(11)23-19(21)28/h3-9,20,24H,1-2H3,(H,23,28)/t20-,21?/m0/s1. The van der Waals surface area contributed by atoms with Crippen LogP contribution in [0.15, 0.2) is 58.2 Å². The minimum absolute atomic E-state index is 0.133. The van der Waals surface area contributed by atoms with Crippen LogP contribution in [0.5, 0.6) is 0 Å². The Hall–Kier alpha value is -3.37. The number of hydrogen-bond acceptors (Lipinski definition) is 8. The minimum Gasteiger partial charge on any atom is -0.465 e. The highest BCUT2D eigenvalue weighted by molar-refractivity contribution is 9.10. The van der Waals surface area contributed by atoms with Gasteiger partial charge in [-0.1, -0.05) is 28.1 Å². The van der Waals surface area contributed by atoms with Crippen molar-refractivity contribution in [1.29, 1.82) is 0 Å². The molecule has 0 saturated heterocycles. The van der Waals surface area contributed by atoms with Crippen molar-refractivity contribution in [1.82, 2.24) is 0 Å². The Morgan fingerprint density at radius 1 is 1.10 bits per heavy atom. The number of nitrogens with one attached hydrogen (secondary N) is 2. The van der Waals surface area contributed by atoms with E-state index in [0.29, 0.717) is 27.1 Å². The Labute approximate surface area is 185 Å². The third kappa shape index (κ3) is 2.55. The van der Waals surface area contributed by atoms with Crippen molar-refractivity contribution in [3.8, 4) is 0 Å². The fourth-order valence-electron chi connectivity index (χ4n) is 4.22. The number of carbonyl (C=O) groups is 3. The quantitative estimate of drug-likeness (QED) is 0.624. The van der Waals surface area contributed by atoms with Crippen molar-refractivity contribution >= 4 is 50.8 Å². The molecule has 10 heteroatoms. The lowest BCUT2D eigenvalue weighted by molar-refractivity contribution is -0.155. The average Bonchev–Trinajstić information content (AvgIpc) is 3.27. The number of para-hydroxylation sites is 2. The molecule has 0 fully saturated rings. The molecule has 2 aromatic carbocycles. The summed E-state index contributed by atoms with van der Waals surface area (Å²) in [5.74, 6) is -2.30. The zero-order chi connectivity index (χ0) is 21.9. The number of esters is 2. The third-order valence-corrected chi connectivity index (χ3v) is 5.99. The van der Waals surface area contributed by atoms with E-state index in [1.807, 2.05) is 6.07 Å². The normalized spacial score (nSPS) is 23.0. The second-order valence-electron chi connectivity index (χ2n) is 7.03. The fraction of sp³-hybridized carbons (Fsp3) is 0.190. The van der Waals surface area contributed by atoms with Gasteiger partial charge in [0.2, 0.25) is 12.0 Å². The number of halogens is 1. The summed E-state index contributed by atoms with van der Waals surface area (Å²) in [6.45, 7) is 0. The highest BCUT2D eigenvalue weighted by Crippen LogP contribution is 2.53. The van der Waals surface area contributed by atoms with Gasteiger partial charge in [-0.2, -0.15) is 0 Å². The van der Waals surface area contributed by atoms with Gasteiger partial charge in [0.15, 0.2) is 0 Å². The maximum absolute atomic E-state index is 13.4. The lowest BCUT2D eigenvalue weighted by atomic mass is 9.83. The molecule has 3 heterocycles. The Bertz CT molecular complexity index is 1200. The monoisotopic (exact) mass is 485 g/mol. The van der Waals surface area contributed by atoms with Crippen LogP contribution in [0.4, 0.5) is 17.1 Å². The van der Waals surface area contributed by atoms with Gasteiger partial charge in [-0.3, -0.25) is 9.69 Å². The zero-order valence-electron chi connectivity index (χ0n) is 16.4. The van der Waals surface area contributed by atoms with E-state index < -0.39 is 29.8 Å². The highest BCUT2D eigenvalue weighted by Gasteiger charge is 2.62. The van der Waals surface area contributed by atoms with E-state index in [1.54, 1.807) is 36.4 Å². The molecular formula is C21H16BrN3O6. The van der Waals surface area contributed by atoms with Crippen molar-refractivity contribution in [3.05, 3.63) is 63.8 Å². The lowest BCUT2D eigenvalue weighted by Gasteiger charge is -2.42. The summed E-state index contributed by atoms with van der Waals surface area (Å²) in [6.07, 6.45) is -0.949. The summed E-state index contributed by atoms with van der Waals surface area (Å²) >= 11 is 3.40. The zero-order valence-corrected chi connectivity index (χ0v) is 18.0. The molecule has 31 heavy (non-hydrogen) atoms. The van der Waals surface area contributed by atoms with Gasteiger partial charge in [0.25, 0.3) is 5.91 Å². The number of carbonyl (C=O) groups excluding carboxylic acids is 3. The molecule has 1 spiro atoms. The van der Waals surface area contributed by atoms with E-state index in [2.05, 4.69) is 26.6 Å². The van der Waals surface area contributed by atoms with Crippen LogP contribution >= 0.6 is 15.9 Å². The molecule has 158 valence electrons. The topological polar surface area (TPSA) is 106 Å². The second kappa shape index (κ2) is 6.82. The number of benzene rings is 2. The highest BCUT2D eigenvalue weighted by atomic mass is 79.9. The van der Waals surface area contributed by atoms with Crippen LogP contribution in [0, 0.1) is 0 Å². The fourth-order valence-corrected chi connectivity index (χ4v) is 4.58. The average molecular weight is 486 g/mol. The Morgan fingerprint density at radius 2 is 1.84 bits per heavy atom. The lowest BCUT2D eigenvalue weighted by Crippen LogP contribution is -2.57. The first-order valence-corrected chi connectivity index (χ1v) is 10.1. The van der Waals surface area contributed by atoms with E-state index in [1.165, 1.54) is 19.1 Å². The molecule has 5 rings (SSSR count). The van der Waals surface area contributed by atoms with Crippen LogP contribution in [-0.2, 0) is 34.2 Å². The van der Waals surface area contributed by atoms with Crippen molar-refractivity contribution in [2.24, 2.45) is 0 Å². The largest absolute Gasteiger partial charge is 0.465 e. The molecule has 3 aliphatic rings.